The molecule has 0 heterocycles. The van der Waals surface area contributed by atoms with E-state index < -0.39 is 5.97 Å². The maximum Gasteiger partial charge on any atom is 0.335 e. The Labute approximate surface area is 260 Å². The third kappa shape index (κ3) is 23.8. The number of carbonyl (C=O) groups is 1. The van der Waals surface area contributed by atoms with Crippen LogP contribution in [0.3, 0.4) is 0 Å². The van der Waals surface area contributed by atoms with Crippen LogP contribution in [-0.2, 0) is 0 Å². The minimum Gasteiger partial charge on any atom is -0.493 e. The molecule has 0 saturated carbocycles. The summed E-state index contributed by atoms with van der Waals surface area (Å²) in [6.45, 7) is 5.80. The van der Waals surface area contributed by atoms with Gasteiger partial charge in [0.15, 0.2) is 0 Å². The zero-order chi connectivity index (χ0) is 30.4. The summed E-state index contributed by atoms with van der Waals surface area (Å²) in [6.07, 6.45) is 35.8. The number of rotatable bonds is 32. The highest BCUT2D eigenvalue weighted by Crippen LogP contribution is 2.24. The highest BCUT2D eigenvalue weighted by Gasteiger charge is 2.09. The number of hydrogen-bond acceptors (Lipinski definition) is 3. The van der Waals surface area contributed by atoms with Crippen molar-refractivity contribution in [1.29, 1.82) is 0 Å². The van der Waals surface area contributed by atoms with Crippen LogP contribution in [0.4, 0.5) is 0 Å². The molecular formula is C38H68O4. The van der Waals surface area contributed by atoms with Crippen molar-refractivity contribution in [2.75, 3.05) is 13.2 Å². The fraction of sp³-hybridized carbons (Fsp3) is 0.816. The van der Waals surface area contributed by atoms with Crippen molar-refractivity contribution in [1.82, 2.24) is 0 Å². The Morgan fingerprint density at radius 2 is 0.714 bits per heavy atom. The van der Waals surface area contributed by atoms with Gasteiger partial charge in [-0.2, -0.15) is 0 Å². The van der Waals surface area contributed by atoms with Gasteiger partial charge in [0.05, 0.1) is 18.8 Å². The number of aromatic carboxylic acids is 1. The molecule has 1 aromatic carbocycles. The van der Waals surface area contributed by atoms with Gasteiger partial charge < -0.3 is 14.6 Å². The van der Waals surface area contributed by atoms with E-state index in [1.165, 1.54) is 154 Å². The highest BCUT2D eigenvalue weighted by atomic mass is 16.5. The van der Waals surface area contributed by atoms with Crippen LogP contribution in [0.2, 0.25) is 0 Å². The Kier molecular flexibility index (Phi) is 26.8. The Hall–Kier alpha value is -1.71. The van der Waals surface area contributed by atoms with E-state index >= 15 is 0 Å². The van der Waals surface area contributed by atoms with Gasteiger partial charge in [0.1, 0.15) is 11.5 Å². The van der Waals surface area contributed by atoms with Crippen LogP contribution in [0.15, 0.2) is 18.2 Å². The Balaban J connectivity index is 2.05. The van der Waals surface area contributed by atoms with E-state index in [0.29, 0.717) is 24.7 Å². The second-order valence-corrected chi connectivity index (χ2v) is 12.5. The molecule has 4 heteroatoms. The third-order valence-electron chi connectivity index (χ3n) is 8.41. The van der Waals surface area contributed by atoms with Crippen molar-refractivity contribution in [3.05, 3.63) is 23.8 Å². The van der Waals surface area contributed by atoms with Crippen LogP contribution in [0.1, 0.15) is 198 Å². The first-order valence-electron chi connectivity index (χ1n) is 18.3. The molecule has 42 heavy (non-hydrogen) atoms. The Morgan fingerprint density at radius 3 is 0.976 bits per heavy atom. The number of benzene rings is 1. The van der Waals surface area contributed by atoms with Crippen molar-refractivity contribution in [2.24, 2.45) is 0 Å². The van der Waals surface area contributed by atoms with Gasteiger partial charge in [0.2, 0.25) is 0 Å². The molecular weight excluding hydrogens is 520 g/mol. The Morgan fingerprint density at radius 1 is 0.452 bits per heavy atom. The van der Waals surface area contributed by atoms with Crippen LogP contribution >= 0.6 is 0 Å². The second-order valence-electron chi connectivity index (χ2n) is 12.5. The molecule has 0 bridgehead atoms. The molecule has 0 aromatic heterocycles. The molecule has 0 amide bonds. The van der Waals surface area contributed by atoms with Gasteiger partial charge >= 0.3 is 5.97 Å². The summed E-state index contributed by atoms with van der Waals surface area (Å²) in [4.78, 5) is 11.6. The van der Waals surface area contributed by atoms with Gasteiger partial charge in [-0.15, -0.1) is 0 Å². The average Bonchev–Trinajstić information content (AvgIpc) is 2.99. The maximum atomic E-state index is 11.6. The molecule has 0 aliphatic carbocycles. The monoisotopic (exact) mass is 589 g/mol. The minimum absolute atomic E-state index is 0.230. The number of carboxylic acid groups (broad SMARTS) is 1. The standard InChI is InChI=1S/C38H68O4/c1-3-5-7-9-11-13-15-16-17-18-19-21-23-25-27-29-31-42-37-33-35(38(39)40)32-36(34-37)41-30-28-26-24-22-20-14-12-10-8-6-4-2/h32-34H,3-31H2,1-2H3,(H,39,40). The first kappa shape index (κ1) is 38.3. The molecule has 0 unspecified atom stereocenters. The predicted molar refractivity (Wildman–Crippen MR) is 180 cm³/mol. The summed E-state index contributed by atoms with van der Waals surface area (Å²) in [6, 6.07) is 5.07. The molecule has 0 spiro atoms. The number of hydrogen-bond donors (Lipinski definition) is 1. The molecule has 0 aliphatic heterocycles. The quantitative estimate of drug-likeness (QED) is 0.0850. The van der Waals surface area contributed by atoms with Crippen LogP contribution in [-0.4, -0.2) is 24.3 Å². The molecule has 0 radical (unpaired) electrons. The molecule has 1 N–H and O–H groups in total. The lowest BCUT2D eigenvalue weighted by molar-refractivity contribution is 0.0695. The molecule has 0 atom stereocenters. The van der Waals surface area contributed by atoms with E-state index in [1.807, 2.05) is 6.07 Å². The van der Waals surface area contributed by atoms with Gasteiger partial charge in [-0.1, -0.05) is 174 Å². The fourth-order valence-corrected chi connectivity index (χ4v) is 5.66. The lowest BCUT2D eigenvalue weighted by atomic mass is 10.0. The van der Waals surface area contributed by atoms with E-state index in [1.54, 1.807) is 12.1 Å². The highest BCUT2D eigenvalue weighted by molar-refractivity contribution is 5.88. The maximum absolute atomic E-state index is 11.6. The molecule has 4 nitrogen and oxygen atoms in total. The van der Waals surface area contributed by atoms with Crippen LogP contribution < -0.4 is 9.47 Å². The van der Waals surface area contributed by atoms with Crippen LogP contribution in [0.5, 0.6) is 11.5 Å². The second kappa shape index (κ2) is 29.4. The Bertz CT molecular complexity index is 732. The largest absolute Gasteiger partial charge is 0.493 e. The van der Waals surface area contributed by atoms with Crippen molar-refractivity contribution in [3.63, 3.8) is 0 Å². The van der Waals surface area contributed by atoms with E-state index in [-0.39, 0.29) is 5.56 Å². The summed E-state index contributed by atoms with van der Waals surface area (Å²) in [5.74, 6) is 0.260. The summed E-state index contributed by atoms with van der Waals surface area (Å²) in [7, 11) is 0. The minimum atomic E-state index is -0.942. The number of ether oxygens (including phenoxy) is 2. The van der Waals surface area contributed by atoms with Gasteiger partial charge in [-0.05, 0) is 25.0 Å². The zero-order valence-corrected chi connectivity index (χ0v) is 27.9. The SMILES string of the molecule is CCCCCCCCCCCCCCCCCCOc1cc(OCCCCCCCCCCCCC)cc(C(=O)O)c1. The summed E-state index contributed by atoms with van der Waals surface area (Å²) in [5, 5.41) is 9.52. The lowest BCUT2D eigenvalue weighted by Gasteiger charge is -2.11. The fourth-order valence-electron chi connectivity index (χ4n) is 5.66. The zero-order valence-electron chi connectivity index (χ0n) is 27.9. The van der Waals surface area contributed by atoms with Crippen molar-refractivity contribution < 1.29 is 19.4 Å². The first-order chi connectivity index (χ1) is 20.7. The topological polar surface area (TPSA) is 55.8 Å². The normalized spacial score (nSPS) is 11.2. The lowest BCUT2D eigenvalue weighted by Crippen LogP contribution is -2.03. The van der Waals surface area contributed by atoms with Gasteiger partial charge in [-0.25, -0.2) is 4.79 Å². The van der Waals surface area contributed by atoms with Gasteiger partial charge in [0, 0.05) is 6.07 Å². The molecule has 1 rings (SSSR count). The van der Waals surface area contributed by atoms with E-state index in [9.17, 15) is 9.90 Å². The van der Waals surface area contributed by atoms with E-state index in [4.69, 9.17) is 9.47 Å². The molecule has 1 aromatic rings. The molecule has 0 saturated heterocycles. The number of carboxylic acids is 1. The molecule has 244 valence electrons. The molecule has 0 aliphatic rings. The van der Waals surface area contributed by atoms with Crippen molar-refractivity contribution >= 4 is 5.97 Å². The van der Waals surface area contributed by atoms with Crippen molar-refractivity contribution in [3.8, 4) is 11.5 Å². The summed E-state index contributed by atoms with van der Waals surface area (Å²) in [5.41, 5.74) is 0.230. The van der Waals surface area contributed by atoms with Crippen LogP contribution in [0, 0.1) is 0 Å². The third-order valence-corrected chi connectivity index (χ3v) is 8.41. The van der Waals surface area contributed by atoms with Gasteiger partial charge in [-0.3, -0.25) is 0 Å². The van der Waals surface area contributed by atoms with E-state index in [2.05, 4.69) is 13.8 Å². The molecule has 0 fully saturated rings. The summed E-state index contributed by atoms with van der Waals surface area (Å²) >= 11 is 0. The smallest absolute Gasteiger partial charge is 0.335 e. The summed E-state index contributed by atoms with van der Waals surface area (Å²) < 4.78 is 11.8. The number of unbranched alkanes of at least 4 members (excludes halogenated alkanes) is 25. The predicted octanol–water partition coefficient (Wildman–Crippen LogP) is 12.7. The average molecular weight is 589 g/mol. The first-order valence-corrected chi connectivity index (χ1v) is 18.3. The van der Waals surface area contributed by atoms with Gasteiger partial charge in [0.25, 0.3) is 0 Å². The van der Waals surface area contributed by atoms with Crippen LogP contribution in [0.25, 0.3) is 0 Å². The van der Waals surface area contributed by atoms with Crippen molar-refractivity contribution in [2.45, 2.75) is 187 Å². The van der Waals surface area contributed by atoms with E-state index in [0.717, 1.165) is 19.3 Å².